The van der Waals surface area contributed by atoms with Crippen molar-refractivity contribution in [1.82, 2.24) is 9.55 Å². The maximum absolute atomic E-state index is 12.5. The van der Waals surface area contributed by atoms with Crippen LogP contribution in [0.25, 0.3) is 22.4 Å². The van der Waals surface area contributed by atoms with E-state index in [0.717, 1.165) is 22.4 Å². The highest BCUT2D eigenvalue weighted by Gasteiger charge is 2.16. The van der Waals surface area contributed by atoms with E-state index in [2.05, 4.69) is 15.0 Å². The maximum atomic E-state index is 12.5. The Kier molecular flexibility index (Phi) is 4.95. The van der Waals surface area contributed by atoms with Crippen LogP contribution in [0, 0.1) is 0 Å². The second-order valence-electron chi connectivity index (χ2n) is 6.39. The Morgan fingerprint density at radius 3 is 2.41 bits per heavy atom. The molecule has 7 heteroatoms. The standard InChI is InChI=1S/C22H17F2N3O2/c1-27-18-8-4-3-7-17(18)26-20(27)14-10-12-15(13-11-14)25-21(28)16-6-2-5-9-19(16)29-22(23)24/h2-13,22H,1H3,(H,25,28). The molecule has 0 bridgehead atoms. The van der Waals surface area contributed by atoms with Crippen molar-refractivity contribution < 1.29 is 18.3 Å². The summed E-state index contributed by atoms with van der Waals surface area (Å²) >= 11 is 0. The first kappa shape index (κ1) is 18.6. The fourth-order valence-corrected chi connectivity index (χ4v) is 3.16. The summed E-state index contributed by atoms with van der Waals surface area (Å²) < 4.78 is 31.5. The Morgan fingerprint density at radius 2 is 1.69 bits per heavy atom. The molecule has 1 heterocycles. The van der Waals surface area contributed by atoms with Crippen molar-refractivity contribution in [3.63, 3.8) is 0 Å². The van der Waals surface area contributed by atoms with Crippen molar-refractivity contribution in [2.45, 2.75) is 6.61 Å². The van der Waals surface area contributed by atoms with E-state index in [1.807, 2.05) is 48.0 Å². The first-order valence-corrected chi connectivity index (χ1v) is 8.90. The Labute approximate surface area is 165 Å². The number of carbonyl (C=O) groups excluding carboxylic acids is 1. The zero-order valence-electron chi connectivity index (χ0n) is 15.5. The quantitative estimate of drug-likeness (QED) is 0.514. The highest BCUT2D eigenvalue weighted by molar-refractivity contribution is 6.06. The number of alkyl halides is 2. The third-order valence-corrected chi connectivity index (χ3v) is 4.54. The van der Waals surface area contributed by atoms with Crippen molar-refractivity contribution in [3.8, 4) is 17.1 Å². The molecule has 0 radical (unpaired) electrons. The number of aryl methyl sites for hydroxylation is 1. The lowest BCUT2D eigenvalue weighted by Crippen LogP contribution is -2.14. The van der Waals surface area contributed by atoms with Crippen LogP contribution in [0.3, 0.4) is 0 Å². The van der Waals surface area contributed by atoms with Crippen LogP contribution in [-0.4, -0.2) is 22.1 Å². The number of imidazole rings is 1. The first-order valence-electron chi connectivity index (χ1n) is 8.90. The minimum Gasteiger partial charge on any atom is -0.434 e. The van der Waals surface area contributed by atoms with Gasteiger partial charge in [-0.2, -0.15) is 8.78 Å². The van der Waals surface area contributed by atoms with Gasteiger partial charge in [-0.3, -0.25) is 4.79 Å². The zero-order valence-corrected chi connectivity index (χ0v) is 15.5. The van der Waals surface area contributed by atoms with E-state index in [4.69, 9.17) is 0 Å². The molecule has 0 saturated heterocycles. The number of nitrogens with zero attached hydrogens (tertiary/aromatic N) is 2. The number of fused-ring (bicyclic) bond motifs is 1. The molecule has 3 aromatic carbocycles. The average molecular weight is 393 g/mol. The molecule has 1 aromatic heterocycles. The van der Waals surface area contributed by atoms with Gasteiger partial charge in [0.15, 0.2) is 0 Å². The molecule has 146 valence electrons. The molecular weight excluding hydrogens is 376 g/mol. The van der Waals surface area contributed by atoms with Gasteiger partial charge < -0.3 is 14.6 Å². The van der Waals surface area contributed by atoms with Gasteiger partial charge in [-0.15, -0.1) is 0 Å². The number of hydrogen-bond acceptors (Lipinski definition) is 3. The summed E-state index contributed by atoms with van der Waals surface area (Å²) in [5, 5.41) is 2.70. The van der Waals surface area contributed by atoms with Gasteiger partial charge in [0.1, 0.15) is 11.6 Å². The predicted octanol–water partition coefficient (Wildman–Crippen LogP) is 5.09. The maximum Gasteiger partial charge on any atom is 0.387 e. The van der Waals surface area contributed by atoms with Gasteiger partial charge in [-0.05, 0) is 48.5 Å². The van der Waals surface area contributed by atoms with E-state index in [1.165, 1.54) is 18.2 Å². The van der Waals surface area contributed by atoms with E-state index in [1.54, 1.807) is 18.2 Å². The summed E-state index contributed by atoms with van der Waals surface area (Å²) in [5.41, 5.74) is 3.38. The Bertz CT molecular complexity index is 1170. The molecule has 0 aliphatic rings. The minimum atomic E-state index is -3.00. The number of anilines is 1. The topological polar surface area (TPSA) is 56.2 Å². The number of nitrogens with one attached hydrogen (secondary N) is 1. The van der Waals surface area contributed by atoms with E-state index in [-0.39, 0.29) is 11.3 Å². The van der Waals surface area contributed by atoms with Gasteiger partial charge in [-0.25, -0.2) is 4.98 Å². The number of aromatic nitrogens is 2. The smallest absolute Gasteiger partial charge is 0.387 e. The molecule has 0 fully saturated rings. The fraction of sp³-hybridized carbons (Fsp3) is 0.0909. The highest BCUT2D eigenvalue weighted by Crippen LogP contribution is 2.26. The lowest BCUT2D eigenvalue weighted by Gasteiger charge is -2.11. The number of hydrogen-bond donors (Lipinski definition) is 1. The zero-order chi connectivity index (χ0) is 20.4. The van der Waals surface area contributed by atoms with Crippen molar-refractivity contribution in [2.75, 3.05) is 5.32 Å². The Hall–Kier alpha value is -3.74. The van der Waals surface area contributed by atoms with E-state index < -0.39 is 12.5 Å². The molecule has 0 aliphatic heterocycles. The second kappa shape index (κ2) is 7.71. The van der Waals surface area contributed by atoms with Crippen molar-refractivity contribution in [1.29, 1.82) is 0 Å². The van der Waals surface area contributed by atoms with Gasteiger partial charge in [0.05, 0.1) is 16.6 Å². The molecule has 0 saturated carbocycles. The number of para-hydroxylation sites is 3. The molecule has 1 amide bonds. The summed E-state index contributed by atoms with van der Waals surface area (Å²) in [6.45, 7) is -3.00. The molecule has 4 aromatic rings. The van der Waals surface area contributed by atoms with Crippen LogP contribution in [-0.2, 0) is 7.05 Å². The molecule has 0 spiro atoms. The van der Waals surface area contributed by atoms with Crippen LogP contribution in [0.15, 0.2) is 72.8 Å². The monoisotopic (exact) mass is 393 g/mol. The number of amides is 1. The Balaban J connectivity index is 1.56. The number of carbonyl (C=O) groups is 1. The van der Waals surface area contributed by atoms with Gasteiger partial charge in [0, 0.05) is 18.3 Å². The summed E-state index contributed by atoms with van der Waals surface area (Å²) in [5.74, 6) is 0.104. The number of benzene rings is 3. The number of ether oxygens (including phenoxy) is 1. The molecule has 1 N–H and O–H groups in total. The largest absolute Gasteiger partial charge is 0.434 e. The molecule has 5 nitrogen and oxygen atoms in total. The van der Waals surface area contributed by atoms with Gasteiger partial charge in [0.25, 0.3) is 5.91 Å². The van der Waals surface area contributed by atoms with Crippen LogP contribution in [0.2, 0.25) is 0 Å². The minimum absolute atomic E-state index is 0.0345. The SMILES string of the molecule is Cn1c(-c2ccc(NC(=O)c3ccccc3OC(F)F)cc2)nc2ccccc21. The van der Waals surface area contributed by atoms with Crippen molar-refractivity contribution in [2.24, 2.45) is 7.05 Å². The lowest BCUT2D eigenvalue weighted by molar-refractivity contribution is -0.0501. The second-order valence-corrected chi connectivity index (χ2v) is 6.39. The molecule has 0 unspecified atom stereocenters. The Morgan fingerprint density at radius 1 is 1.00 bits per heavy atom. The van der Waals surface area contributed by atoms with Crippen molar-refractivity contribution in [3.05, 3.63) is 78.4 Å². The first-order chi connectivity index (χ1) is 14.0. The van der Waals surface area contributed by atoms with Crippen LogP contribution < -0.4 is 10.1 Å². The van der Waals surface area contributed by atoms with Crippen molar-refractivity contribution >= 4 is 22.6 Å². The lowest BCUT2D eigenvalue weighted by atomic mass is 10.1. The number of halogens is 2. The summed E-state index contributed by atoms with van der Waals surface area (Å²) in [7, 11) is 1.94. The summed E-state index contributed by atoms with van der Waals surface area (Å²) in [6.07, 6.45) is 0. The molecule has 0 aliphatic carbocycles. The molecule has 0 atom stereocenters. The number of rotatable bonds is 5. The van der Waals surface area contributed by atoms with Crippen LogP contribution >= 0.6 is 0 Å². The van der Waals surface area contributed by atoms with Gasteiger partial charge >= 0.3 is 6.61 Å². The van der Waals surface area contributed by atoms with Crippen LogP contribution in [0.4, 0.5) is 14.5 Å². The molecule has 4 rings (SSSR count). The third-order valence-electron chi connectivity index (χ3n) is 4.54. The third kappa shape index (κ3) is 3.80. The van der Waals surface area contributed by atoms with E-state index >= 15 is 0 Å². The fourth-order valence-electron chi connectivity index (χ4n) is 3.16. The molecular formula is C22H17F2N3O2. The normalized spacial score (nSPS) is 11.0. The average Bonchev–Trinajstić information content (AvgIpc) is 3.05. The van der Waals surface area contributed by atoms with E-state index in [9.17, 15) is 13.6 Å². The molecule has 29 heavy (non-hydrogen) atoms. The van der Waals surface area contributed by atoms with Crippen LogP contribution in [0.1, 0.15) is 10.4 Å². The van der Waals surface area contributed by atoms with Crippen LogP contribution in [0.5, 0.6) is 5.75 Å². The predicted molar refractivity (Wildman–Crippen MR) is 107 cm³/mol. The van der Waals surface area contributed by atoms with E-state index in [0.29, 0.717) is 5.69 Å². The summed E-state index contributed by atoms with van der Waals surface area (Å²) in [4.78, 5) is 17.1. The highest BCUT2D eigenvalue weighted by atomic mass is 19.3. The van der Waals surface area contributed by atoms with Gasteiger partial charge in [-0.1, -0.05) is 24.3 Å². The van der Waals surface area contributed by atoms with Gasteiger partial charge in [0.2, 0.25) is 0 Å². The summed E-state index contributed by atoms with van der Waals surface area (Å²) in [6, 6.07) is 20.9.